The average Bonchev–Trinajstić information content (AvgIpc) is 2.13. The quantitative estimate of drug-likeness (QED) is 0.810. The molecule has 1 aliphatic rings. The molecule has 0 heterocycles. The maximum atomic E-state index is 11.3. The molecule has 0 aromatic carbocycles. The van der Waals surface area contributed by atoms with Crippen LogP contribution >= 0.6 is 0 Å². The van der Waals surface area contributed by atoms with Gasteiger partial charge in [0.05, 0.1) is 5.75 Å². The first-order chi connectivity index (χ1) is 8.26. The fourth-order valence-electron chi connectivity index (χ4n) is 3.23. The average molecular weight is 275 g/mol. The lowest BCUT2D eigenvalue weighted by molar-refractivity contribution is 0.245. The van der Waals surface area contributed by atoms with E-state index in [-0.39, 0.29) is 11.8 Å². The molecule has 0 bridgehead atoms. The summed E-state index contributed by atoms with van der Waals surface area (Å²) in [6.45, 7) is 6.54. The molecule has 1 aliphatic carbocycles. The van der Waals surface area contributed by atoms with Crippen LogP contribution in [-0.4, -0.2) is 32.5 Å². The smallest absolute Gasteiger partial charge is 0.148 e. The van der Waals surface area contributed by atoms with E-state index in [1.54, 1.807) is 0 Å². The van der Waals surface area contributed by atoms with Gasteiger partial charge in [0, 0.05) is 18.3 Å². The molecule has 1 fully saturated rings. The highest BCUT2D eigenvalue weighted by Crippen LogP contribution is 2.29. The van der Waals surface area contributed by atoms with Gasteiger partial charge in [-0.25, -0.2) is 8.42 Å². The summed E-state index contributed by atoms with van der Waals surface area (Å²) in [4.78, 5) is 0. The first-order valence-corrected chi connectivity index (χ1v) is 9.26. The molecule has 18 heavy (non-hydrogen) atoms. The van der Waals surface area contributed by atoms with Crippen LogP contribution in [0.1, 0.15) is 52.9 Å². The summed E-state index contributed by atoms with van der Waals surface area (Å²) in [5, 5.41) is 3.50. The molecule has 0 radical (unpaired) electrons. The minimum atomic E-state index is -2.87. The third-order valence-corrected chi connectivity index (χ3v) is 4.77. The van der Waals surface area contributed by atoms with E-state index in [4.69, 9.17) is 0 Å². The molecule has 1 N–H and O–H groups in total. The minimum Gasteiger partial charge on any atom is -0.310 e. The minimum absolute atomic E-state index is 0.0720. The second-order valence-corrected chi connectivity index (χ2v) is 8.70. The van der Waals surface area contributed by atoms with E-state index in [1.165, 1.54) is 38.4 Å². The highest BCUT2D eigenvalue weighted by molar-refractivity contribution is 7.90. The molecule has 108 valence electrons. The van der Waals surface area contributed by atoms with E-state index in [0.29, 0.717) is 6.04 Å². The van der Waals surface area contributed by atoms with Crippen molar-refractivity contribution in [3.05, 3.63) is 0 Å². The van der Waals surface area contributed by atoms with Gasteiger partial charge in [0.1, 0.15) is 9.84 Å². The Bertz CT molecular complexity index is 338. The van der Waals surface area contributed by atoms with Gasteiger partial charge in [-0.1, -0.05) is 26.7 Å². The predicted molar refractivity (Wildman–Crippen MR) is 77.5 cm³/mol. The maximum absolute atomic E-state index is 11.3. The van der Waals surface area contributed by atoms with Gasteiger partial charge in [-0.15, -0.1) is 0 Å². The van der Waals surface area contributed by atoms with E-state index in [1.807, 2.05) is 6.92 Å². The monoisotopic (exact) mass is 275 g/mol. The predicted octanol–water partition coefficient (Wildman–Crippen LogP) is 2.61. The first-order valence-electron chi connectivity index (χ1n) is 7.20. The lowest BCUT2D eigenvalue weighted by Gasteiger charge is -2.32. The van der Waals surface area contributed by atoms with Crippen LogP contribution in [-0.2, 0) is 9.84 Å². The molecule has 0 aromatic rings. The molecule has 3 unspecified atom stereocenters. The van der Waals surface area contributed by atoms with E-state index in [2.05, 4.69) is 19.2 Å². The van der Waals surface area contributed by atoms with Gasteiger partial charge >= 0.3 is 0 Å². The third kappa shape index (κ3) is 6.74. The summed E-state index contributed by atoms with van der Waals surface area (Å²) < 4.78 is 22.5. The Hall–Kier alpha value is -0.0900. The van der Waals surface area contributed by atoms with E-state index >= 15 is 0 Å². The van der Waals surface area contributed by atoms with Crippen molar-refractivity contribution in [3.8, 4) is 0 Å². The Morgan fingerprint density at radius 2 is 1.89 bits per heavy atom. The van der Waals surface area contributed by atoms with Crippen LogP contribution in [0.5, 0.6) is 0 Å². The van der Waals surface area contributed by atoms with Gasteiger partial charge in [-0.05, 0) is 38.0 Å². The van der Waals surface area contributed by atoms with Crippen molar-refractivity contribution in [2.45, 2.75) is 65.0 Å². The standard InChI is InChI=1S/C14H29NO2S/c1-11(2)8-13-6-5-7-14(9-13)15-12(3)10-18(4,16)17/h11-15H,5-10H2,1-4H3. The lowest BCUT2D eigenvalue weighted by atomic mass is 9.81. The van der Waals surface area contributed by atoms with Gasteiger partial charge in [0.25, 0.3) is 0 Å². The van der Waals surface area contributed by atoms with Crippen LogP contribution in [0.3, 0.4) is 0 Å². The van der Waals surface area contributed by atoms with E-state index in [0.717, 1.165) is 11.8 Å². The fourth-order valence-corrected chi connectivity index (χ4v) is 4.23. The summed E-state index contributed by atoms with van der Waals surface area (Å²) >= 11 is 0. The van der Waals surface area contributed by atoms with Crippen molar-refractivity contribution < 1.29 is 8.42 Å². The second-order valence-electron chi connectivity index (χ2n) is 6.52. The molecule has 1 saturated carbocycles. The molecule has 3 atom stereocenters. The Morgan fingerprint density at radius 3 is 2.44 bits per heavy atom. The number of rotatable bonds is 6. The molecule has 1 rings (SSSR count). The summed E-state index contributed by atoms with van der Waals surface area (Å²) in [7, 11) is -2.87. The second kappa shape index (κ2) is 6.90. The van der Waals surface area contributed by atoms with Crippen molar-refractivity contribution in [1.82, 2.24) is 5.32 Å². The van der Waals surface area contributed by atoms with Crippen LogP contribution in [0, 0.1) is 11.8 Å². The van der Waals surface area contributed by atoms with Gasteiger partial charge in [-0.3, -0.25) is 0 Å². The molecular formula is C14H29NO2S. The molecule has 4 heteroatoms. The SMILES string of the molecule is CC(C)CC1CCCC(NC(C)CS(C)(=O)=O)C1. The number of hydrogen-bond acceptors (Lipinski definition) is 3. The van der Waals surface area contributed by atoms with E-state index in [9.17, 15) is 8.42 Å². The molecule has 0 spiro atoms. The topological polar surface area (TPSA) is 46.2 Å². The van der Waals surface area contributed by atoms with Crippen LogP contribution in [0.2, 0.25) is 0 Å². The molecule has 0 aliphatic heterocycles. The first kappa shape index (κ1) is 16.0. The van der Waals surface area contributed by atoms with Crippen molar-refractivity contribution in [2.75, 3.05) is 12.0 Å². The molecule has 0 amide bonds. The third-order valence-electron chi connectivity index (χ3n) is 3.66. The summed E-state index contributed by atoms with van der Waals surface area (Å²) in [6.07, 6.45) is 7.65. The summed E-state index contributed by atoms with van der Waals surface area (Å²) in [6, 6.07) is 0.585. The zero-order valence-electron chi connectivity index (χ0n) is 12.3. The highest BCUT2D eigenvalue weighted by atomic mass is 32.2. The van der Waals surface area contributed by atoms with Gasteiger partial charge in [-0.2, -0.15) is 0 Å². The molecular weight excluding hydrogens is 246 g/mol. The van der Waals surface area contributed by atoms with Crippen LogP contribution in [0.4, 0.5) is 0 Å². The van der Waals surface area contributed by atoms with Crippen molar-refractivity contribution in [1.29, 1.82) is 0 Å². The van der Waals surface area contributed by atoms with Crippen LogP contribution in [0.15, 0.2) is 0 Å². The Kier molecular flexibility index (Phi) is 6.12. The van der Waals surface area contributed by atoms with Crippen LogP contribution in [0.25, 0.3) is 0 Å². The zero-order chi connectivity index (χ0) is 13.8. The Labute approximate surface area is 113 Å². The largest absolute Gasteiger partial charge is 0.310 e. The van der Waals surface area contributed by atoms with Crippen molar-refractivity contribution in [3.63, 3.8) is 0 Å². The number of sulfone groups is 1. The number of nitrogens with one attached hydrogen (secondary N) is 1. The zero-order valence-corrected chi connectivity index (χ0v) is 13.1. The summed E-state index contributed by atoms with van der Waals surface area (Å²) in [5.41, 5.74) is 0. The van der Waals surface area contributed by atoms with Crippen molar-refractivity contribution >= 4 is 9.84 Å². The van der Waals surface area contributed by atoms with Gasteiger partial charge in [0.2, 0.25) is 0 Å². The number of hydrogen-bond donors (Lipinski definition) is 1. The summed E-state index contributed by atoms with van der Waals surface area (Å²) in [5.74, 6) is 1.84. The lowest BCUT2D eigenvalue weighted by Crippen LogP contribution is -2.42. The van der Waals surface area contributed by atoms with E-state index < -0.39 is 9.84 Å². The van der Waals surface area contributed by atoms with Crippen molar-refractivity contribution in [2.24, 2.45) is 11.8 Å². The highest BCUT2D eigenvalue weighted by Gasteiger charge is 2.24. The van der Waals surface area contributed by atoms with Gasteiger partial charge < -0.3 is 5.32 Å². The Morgan fingerprint density at radius 1 is 1.22 bits per heavy atom. The normalized spacial score (nSPS) is 27.4. The molecule has 0 saturated heterocycles. The molecule has 0 aromatic heterocycles. The fraction of sp³-hybridized carbons (Fsp3) is 1.00. The maximum Gasteiger partial charge on any atom is 0.148 e. The van der Waals surface area contributed by atoms with Gasteiger partial charge in [0.15, 0.2) is 0 Å². The Balaban J connectivity index is 2.38. The molecule has 3 nitrogen and oxygen atoms in total. The van der Waals surface area contributed by atoms with Crippen LogP contribution < -0.4 is 5.32 Å².